The van der Waals surface area contributed by atoms with Gasteiger partial charge in [-0.05, 0) is 34.1 Å². The summed E-state index contributed by atoms with van der Waals surface area (Å²) >= 11 is 11.3. The molecule has 0 saturated heterocycles. The van der Waals surface area contributed by atoms with Crippen molar-refractivity contribution < 1.29 is 14.7 Å². The molecule has 0 bridgehead atoms. The van der Waals surface area contributed by atoms with Gasteiger partial charge in [-0.15, -0.1) is 10.2 Å². The largest absolute Gasteiger partial charge is 0.481 e. The molecular formula is C11H7BrClN3O3S2. The van der Waals surface area contributed by atoms with Crippen molar-refractivity contribution in [2.45, 2.75) is 4.34 Å². The molecule has 0 atom stereocenters. The highest BCUT2D eigenvalue weighted by Gasteiger charge is 2.12. The quantitative estimate of drug-likeness (QED) is 0.582. The zero-order chi connectivity index (χ0) is 15.4. The third-order valence-electron chi connectivity index (χ3n) is 2.13. The minimum Gasteiger partial charge on any atom is -0.481 e. The van der Waals surface area contributed by atoms with Gasteiger partial charge in [-0.2, -0.15) is 0 Å². The molecule has 2 rings (SSSR count). The Morgan fingerprint density at radius 1 is 1.43 bits per heavy atom. The van der Waals surface area contributed by atoms with Crippen LogP contribution in [-0.2, 0) is 4.79 Å². The van der Waals surface area contributed by atoms with Crippen molar-refractivity contribution >= 4 is 67.6 Å². The molecule has 110 valence electrons. The van der Waals surface area contributed by atoms with Crippen LogP contribution in [0.25, 0.3) is 0 Å². The van der Waals surface area contributed by atoms with Crippen LogP contribution in [0.1, 0.15) is 10.4 Å². The molecule has 6 nitrogen and oxygen atoms in total. The van der Waals surface area contributed by atoms with Gasteiger partial charge < -0.3 is 5.11 Å². The maximum atomic E-state index is 12.0. The van der Waals surface area contributed by atoms with Crippen molar-refractivity contribution in [2.75, 3.05) is 11.1 Å². The van der Waals surface area contributed by atoms with Crippen molar-refractivity contribution in [3.63, 3.8) is 0 Å². The molecule has 0 saturated carbocycles. The number of halogens is 2. The molecule has 2 aromatic rings. The molecule has 0 radical (unpaired) electrons. The molecule has 0 aliphatic heterocycles. The zero-order valence-corrected chi connectivity index (χ0v) is 14.1. The lowest BCUT2D eigenvalue weighted by Gasteiger charge is -2.02. The Balaban J connectivity index is 2.02. The van der Waals surface area contributed by atoms with Gasteiger partial charge in [-0.1, -0.05) is 34.7 Å². The van der Waals surface area contributed by atoms with Crippen LogP contribution in [0.2, 0.25) is 5.02 Å². The number of thioether (sulfide) groups is 1. The van der Waals surface area contributed by atoms with Crippen molar-refractivity contribution in [1.29, 1.82) is 0 Å². The van der Waals surface area contributed by atoms with Crippen LogP contribution in [0.15, 0.2) is 27.0 Å². The smallest absolute Gasteiger partial charge is 0.313 e. The van der Waals surface area contributed by atoms with E-state index in [0.29, 0.717) is 24.5 Å². The predicted octanol–water partition coefficient (Wildman–Crippen LogP) is 3.38. The summed E-state index contributed by atoms with van der Waals surface area (Å²) in [5.41, 5.74) is 0.387. The summed E-state index contributed by atoms with van der Waals surface area (Å²) in [6.07, 6.45) is 0. The molecule has 0 spiro atoms. The van der Waals surface area contributed by atoms with Crippen molar-refractivity contribution in [3.05, 3.63) is 33.3 Å². The van der Waals surface area contributed by atoms with Crippen LogP contribution in [0.4, 0.5) is 5.13 Å². The fourth-order valence-corrected chi connectivity index (χ4v) is 3.14. The number of aliphatic carboxylic acids is 1. The first kappa shape index (κ1) is 16.2. The third-order valence-corrected chi connectivity index (χ3v) is 5.32. The summed E-state index contributed by atoms with van der Waals surface area (Å²) < 4.78 is 1.17. The Bertz CT molecular complexity index is 695. The fourth-order valence-electron chi connectivity index (χ4n) is 1.25. The number of hydrogen-bond donors (Lipinski definition) is 2. The maximum Gasteiger partial charge on any atom is 0.313 e. The molecule has 1 heterocycles. The lowest BCUT2D eigenvalue weighted by atomic mass is 10.2. The Morgan fingerprint density at radius 2 is 2.19 bits per heavy atom. The first-order chi connectivity index (χ1) is 9.95. The number of benzene rings is 1. The van der Waals surface area contributed by atoms with Gasteiger partial charge in [0.05, 0.1) is 10.8 Å². The predicted molar refractivity (Wildman–Crippen MR) is 85.4 cm³/mol. The number of carboxylic acid groups (broad SMARTS) is 1. The lowest BCUT2D eigenvalue weighted by molar-refractivity contribution is -0.133. The first-order valence-corrected chi connectivity index (χ1v) is 8.37. The standard InChI is InChI=1S/C11H7BrClN3O3S2/c12-6-2-1-5(3-7(6)13)9(19)14-10-15-16-11(21-10)20-4-8(17)18/h1-3H,4H2,(H,17,18)(H,14,15,19). The summed E-state index contributed by atoms with van der Waals surface area (Å²) in [5.74, 6) is -1.41. The minimum absolute atomic E-state index is 0.106. The number of hydrogen-bond acceptors (Lipinski definition) is 6. The van der Waals surface area contributed by atoms with Crippen LogP contribution in [0.5, 0.6) is 0 Å². The van der Waals surface area contributed by atoms with E-state index in [1.165, 1.54) is 6.07 Å². The van der Waals surface area contributed by atoms with Crippen LogP contribution >= 0.6 is 50.6 Å². The topological polar surface area (TPSA) is 92.2 Å². The lowest BCUT2D eigenvalue weighted by Crippen LogP contribution is -2.11. The monoisotopic (exact) mass is 407 g/mol. The summed E-state index contributed by atoms with van der Waals surface area (Å²) in [4.78, 5) is 22.5. The molecule has 1 aromatic carbocycles. The minimum atomic E-state index is -0.940. The van der Waals surface area contributed by atoms with Crippen molar-refractivity contribution in [1.82, 2.24) is 10.2 Å². The average molecular weight is 409 g/mol. The number of carboxylic acids is 1. The van der Waals surface area contributed by atoms with Gasteiger partial charge in [0.15, 0.2) is 4.34 Å². The maximum absolute atomic E-state index is 12.0. The van der Waals surface area contributed by atoms with Crippen LogP contribution in [-0.4, -0.2) is 32.9 Å². The van der Waals surface area contributed by atoms with Gasteiger partial charge in [0.2, 0.25) is 5.13 Å². The molecule has 2 N–H and O–H groups in total. The number of amides is 1. The summed E-state index contributed by atoms with van der Waals surface area (Å²) in [6.45, 7) is 0. The van der Waals surface area contributed by atoms with Crippen LogP contribution in [0.3, 0.4) is 0 Å². The normalized spacial score (nSPS) is 10.4. The van der Waals surface area contributed by atoms with Gasteiger partial charge >= 0.3 is 5.97 Å². The van der Waals surface area contributed by atoms with Gasteiger partial charge in [0, 0.05) is 10.0 Å². The first-order valence-electron chi connectivity index (χ1n) is 5.40. The number of aromatic nitrogens is 2. The van der Waals surface area contributed by atoms with Crippen molar-refractivity contribution in [3.8, 4) is 0 Å². The average Bonchev–Trinajstić information content (AvgIpc) is 2.87. The van der Waals surface area contributed by atoms with Crippen LogP contribution in [0, 0.1) is 0 Å². The Kier molecular flexibility index (Phi) is 5.57. The van der Waals surface area contributed by atoms with E-state index < -0.39 is 5.97 Å². The number of carbonyl (C=O) groups is 2. The van der Waals surface area contributed by atoms with Crippen molar-refractivity contribution in [2.24, 2.45) is 0 Å². The van der Waals surface area contributed by atoms with Gasteiger partial charge in [-0.3, -0.25) is 14.9 Å². The van der Waals surface area contributed by atoms with E-state index in [4.69, 9.17) is 16.7 Å². The molecule has 0 fully saturated rings. The van der Waals surface area contributed by atoms with E-state index in [1.54, 1.807) is 12.1 Å². The second-order valence-corrected chi connectivity index (χ2v) is 7.10. The second-order valence-electron chi connectivity index (χ2n) is 3.64. The van der Waals surface area contributed by atoms with E-state index in [-0.39, 0.29) is 11.7 Å². The third kappa shape index (κ3) is 4.67. The van der Waals surface area contributed by atoms with E-state index in [0.717, 1.165) is 23.1 Å². The molecule has 1 amide bonds. The number of nitrogens with zero attached hydrogens (tertiary/aromatic N) is 2. The Labute approximate surface area is 141 Å². The van der Waals surface area contributed by atoms with Gasteiger partial charge in [-0.25, -0.2) is 0 Å². The van der Waals surface area contributed by atoms with E-state index in [2.05, 4.69) is 31.4 Å². The van der Waals surface area contributed by atoms with Gasteiger partial charge in [0.25, 0.3) is 5.91 Å². The molecule has 0 aliphatic rings. The molecule has 10 heteroatoms. The summed E-state index contributed by atoms with van der Waals surface area (Å²) in [7, 11) is 0. The Morgan fingerprint density at radius 3 is 2.86 bits per heavy atom. The highest BCUT2D eigenvalue weighted by molar-refractivity contribution is 9.10. The van der Waals surface area contributed by atoms with Crippen LogP contribution < -0.4 is 5.32 Å². The fraction of sp³-hybridized carbons (Fsp3) is 0.0909. The zero-order valence-electron chi connectivity index (χ0n) is 10.2. The van der Waals surface area contributed by atoms with E-state index >= 15 is 0 Å². The highest BCUT2D eigenvalue weighted by Crippen LogP contribution is 2.27. The number of carbonyl (C=O) groups excluding carboxylic acids is 1. The highest BCUT2D eigenvalue weighted by atomic mass is 79.9. The van der Waals surface area contributed by atoms with Gasteiger partial charge in [0.1, 0.15) is 0 Å². The Hall–Kier alpha value is -1.16. The second kappa shape index (κ2) is 7.21. The SMILES string of the molecule is O=C(O)CSc1nnc(NC(=O)c2ccc(Br)c(Cl)c2)s1. The van der Waals surface area contributed by atoms with E-state index in [9.17, 15) is 9.59 Å². The number of nitrogens with one attached hydrogen (secondary N) is 1. The molecular weight excluding hydrogens is 402 g/mol. The number of rotatable bonds is 5. The molecule has 1 aromatic heterocycles. The molecule has 0 unspecified atom stereocenters. The molecule has 21 heavy (non-hydrogen) atoms. The molecule has 0 aliphatic carbocycles. The van der Waals surface area contributed by atoms with E-state index in [1.807, 2.05) is 0 Å². The summed E-state index contributed by atoms with van der Waals surface area (Å²) in [5, 5.41) is 19.5. The number of anilines is 1. The summed E-state index contributed by atoms with van der Waals surface area (Å²) in [6, 6.07) is 4.82.